The predicted molar refractivity (Wildman–Crippen MR) is 95.4 cm³/mol. The van der Waals surface area contributed by atoms with Crippen LogP contribution in [0.3, 0.4) is 0 Å². The molecule has 0 fully saturated rings. The summed E-state index contributed by atoms with van der Waals surface area (Å²) in [5.41, 5.74) is 5.69. The molecule has 0 radical (unpaired) electrons. The zero-order chi connectivity index (χ0) is 19.3. The fourth-order valence-electron chi connectivity index (χ4n) is 2.38. The first-order valence-electron chi connectivity index (χ1n) is 8.42. The van der Waals surface area contributed by atoms with Gasteiger partial charge in [-0.15, -0.1) is 0 Å². The molecule has 0 saturated carbocycles. The van der Waals surface area contributed by atoms with Crippen molar-refractivity contribution in [2.24, 2.45) is 5.73 Å². The summed E-state index contributed by atoms with van der Waals surface area (Å²) < 4.78 is 18.2. The number of rotatable bonds is 7. The minimum Gasteiger partial charge on any atom is -0.460 e. The maximum Gasteiger partial charge on any atom is 0.306 e. The Balaban J connectivity index is 2.49. The molecule has 1 aromatic carbocycles. The molecule has 5 nitrogen and oxygen atoms in total. The molecule has 1 rings (SSSR count). The topological polar surface area (TPSA) is 81.4 Å². The van der Waals surface area contributed by atoms with E-state index in [1.54, 1.807) is 32.9 Å². The quantitative estimate of drug-likeness (QED) is 0.739. The number of esters is 1. The average Bonchev–Trinajstić information content (AvgIpc) is 2.44. The van der Waals surface area contributed by atoms with Crippen molar-refractivity contribution in [2.45, 2.75) is 71.1 Å². The number of halogens is 1. The Morgan fingerprint density at radius 2 is 1.72 bits per heavy atom. The molecule has 140 valence electrons. The number of carbonyl (C=O) groups is 2. The van der Waals surface area contributed by atoms with Crippen LogP contribution in [0.5, 0.6) is 0 Å². The summed E-state index contributed by atoms with van der Waals surface area (Å²) in [5, 5.41) is 2.88. The van der Waals surface area contributed by atoms with Gasteiger partial charge in [-0.05, 0) is 65.2 Å². The van der Waals surface area contributed by atoms with Gasteiger partial charge in [0.2, 0.25) is 5.91 Å². The standard InChI is InChI=1S/C19H29FN2O3/c1-18(2,3)25-16(23)11-10-15(21)17(24)22-19(4,5)12-13-6-8-14(20)9-7-13/h6-9,15H,10-12,21H2,1-5H3,(H,22,24)/t15-/m0/s1. The Labute approximate surface area is 149 Å². The Morgan fingerprint density at radius 3 is 2.24 bits per heavy atom. The highest BCUT2D eigenvalue weighted by Gasteiger charge is 2.25. The van der Waals surface area contributed by atoms with E-state index in [4.69, 9.17) is 10.5 Å². The second-order valence-electron chi connectivity index (χ2n) is 7.91. The number of hydrogen-bond acceptors (Lipinski definition) is 4. The van der Waals surface area contributed by atoms with Crippen LogP contribution in [0, 0.1) is 5.82 Å². The van der Waals surface area contributed by atoms with Crippen LogP contribution in [-0.2, 0) is 20.7 Å². The molecule has 0 spiro atoms. The van der Waals surface area contributed by atoms with Crippen molar-refractivity contribution >= 4 is 11.9 Å². The number of benzene rings is 1. The first-order valence-corrected chi connectivity index (χ1v) is 8.42. The van der Waals surface area contributed by atoms with Crippen LogP contribution in [0.25, 0.3) is 0 Å². The second kappa shape index (κ2) is 8.43. The molecular formula is C19H29FN2O3. The summed E-state index contributed by atoms with van der Waals surface area (Å²) in [5.74, 6) is -0.994. The number of carbonyl (C=O) groups excluding carboxylic acids is 2. The molecule has 0 aliphatic rings. The van der Waals surface area contributed by atoms with Gasteiger partial charge in [-0.1, -0.05) is 12.1 Å². The predicted octanol–water partition coefficient (Wildman–Crippen LogP) is 2.71. The van der Waals surface area contributed by atoms with E-state index in [9.17, 15) is 14.0 Å². The van der Waals surface area contributed by atoms with E-state index in [1.807, 2.05) is 13.8 Å². The van der Waals surface area contributed by atoms with Crippen molar-refractivity contribution in [1.29, 1.82) is 0 Å². The van der Waals surface area contributed by atoms with Gasteiger partial charge >= 0.3 is 5.97 Å². The lowest BCUT2D eigenvalue weighted by atomic mass is 9.94. The van der Waals surface area contributed by atoms with E-state index >= 15 is 0 Å². The van der Waals surface area contributed by atoms with Crippen LogP contribution < -0.4 is 11.1 Å². The second-order valence-corrected chi connectivity index (χ2v) is 7.91. The summed E-state index contributed by atoms with van der Waals surface area (Å²) in [6, 6.07) is 5.36. The zero-order valence-electron chi connectivity index (χ0n) is 15.7. The molecule has 0 saturated heterocycles. The molecule has 0 aliphatic heterocycles. The Morgan fingerprint density at radius 1 is 1.16 bits per heavy atom. The van der Waals surface area contributed by atoms with Gasteiger partial charge in [0.25, 0.3) is 0 Å². The van der Waals surface area contributed by atoms with E-state index in [2.05, 4.69) is 5.32 Å². The van der Waals surface area contributed by atoms with E-state index in [1.165, 1.54) is 12.1 Å². The molecule has 0 unspecified atom stereocenters. The zero-order valence-corrected chi connectivity index (χ0v) is 15.7. The van der Waals surface area contributed by atoms with Crippen LogP contribution in [0.2, 0.25) is 0 Å². The molecule has 1 amide bonds. The lowest BCUT2D eigenvalue weighted by molar-refractivity contribution is -0.155. The van der Waals surface area contributed by atoms with E-state index in [-0.39, 0.29) is 30.5 Å². The van der Waals surface area contributed by atoms with Gasteiger partial charge in [-0.25, -0.2) is 4.39 Å². The monoisotopic (exact) mass is 352 g/mol. The van der Waals surface area contributed by atoms with Crippen LogP contribution in [0.15, 0.2) is 24.3 Å². The van der Waals surface area contributed by atoms with E-state index in [0.717, 1.165) is 5.56 Å². The normalized spacial score (nSPS) is 13.2. The van der Waals surface area contributed by atoms with Gasteiger partial charge in [0.15, 0.2) is 0 Å². The van der Waals surface area contributed by atoms with Gasteiger partial charge < -0.3 is 15.8 Å². The Bertz CT molecular complexity index is 592. The maximum absolute atomic E-state index is 13.0. The van der Waals surface area contributed by atoms with Crippen molar-refractivity contribution in [3.8, 4) is 0 Å². The first-order chi connectivity index (χ1) is 11.4. The lowest BCUT2D eigenvalue weighted by Crippen LogP contribution is -2.51. The van der Waals surface area contributed by atoms with E-state index in [0.29, 0.717) is 6.42 Å². The number of nitrogens with two attached hydrogens (primary N) is 1. The minimum absolute atomic E-state index is 0.0875. The summed E-state index contributed by atoms with van der Waals surface area (Å²) in [4.78, 5) is 24.0. The molecule has 0 heterocycles. The number of ether oxygens (including phenoxy) is 1. The SMILES string of the molecule is CC(C)(Cc1ccc(F)cc1)NC(=O)[C@@H](N)CCC(=O)OC(C)(C)C. The summed E-state index contributed by atoms with van der Waals surface area (Å²) in [6.45, 7) is 9.10. The van der Waals surface area contributed by atoms with Gasteiger partial charge in [-0.3, -0.25) is 9.59 Å². The summed E-state index contributed by atoms with van der Waals surface area (Å²) in [7, 11) is 0. The fraction of sp³-hybridized carbons (Fsp3) is 0.579. The van der Waals surface area contributed by atoms with Crippen molar-refractivity contribution in [3.63, 3.8) is 0 Å². The molecular weight excluding hydrogens is 323 g/mol. The van der Waals surface area contributed by atoms with Crippen molar-refractivity contribution < 1.29 is 18.7 Å². The van der Waals surface area contributed by atoms with Gasteiger partial charge in [0, 0.05) is 12.0 Å². The van der Waals surface area contributed by atoms with Crippen LogP contribution in [0.1, 0.15) is 53.0 Å². The number of amides is 1. The third-order valence-electron chi connectivity index (χ3n) is 3.44. The minimum atomic E-state index is -0.792. The molecule has 0 aliphatic carbocycles. The van der Waals surface area contributed by atoms with Crippen molar-refractivity contribution in [2.75, 3.05) is 0 Å². The van der Waals surface area contributed by atoms with Gasteiger partial charge in [-0.2, -0.15) is 0 Å². The Kier molecular flexibility index (Phi) is 7.11. The van der Waals surface area contributed by atoms with Crippen LogP contribution in [-0.4, -0.2) is 29.1 Å². The molecule has 0 bridgehead atoms. The van der Waals surface area contributed by atoms with Crippen molar-refractivity contribution in [1.82, 2.24) is 5.32 Å². The van der Waals surface area contributed by atoms with Gasteiger partial charge in [0.05, 0.1) is 6.04 Å². The Hall–Kier alpha value is -1.95. The third-order valence-corrected chi connectivity index (χ3v) is 3.44. The van der Waals surface area contributed by atoms with E-state index < -0.39 is 17.2 Å². The van der Waals surface area contributed by atoms with Gasteiger partial charge in [0.1, 0.15) is 11.4 Å². The average molecular weight is 352 g/mol. The molecule has 0 aromatic heterocycles. The van der Waals surface area contributed by atoms with Crippen molar-refractivity contribution in [3.05, 3.63) is 35.6 Å². The lowest BCUT2D eigenvalue weighted by Gasteiger charge is -2.28. The summed E-state index contributed by atoms with van der Waals surface area (Å²) >= 11 is 0. The first kappa shape index (κ1) is 21.1. The number of nitrogens with one attached hydrogen (secondary N) is 1. The molecule has 3 N–H and O–H groups in total. The highest BCUT2D eigenvalue weighted by molar-refractivity contribution is 5.83. The van der Waals surface area contributed by atoms with Crippen LogP contribution in [0.4, 0.5) is 4.39 Å². The molecule has 6 heteroatoms. The van der Waals surface area contributed by atoms with Crippen LogP contribution >= 0.6 is 0 Å². The molecule has 1 atom stereocenters. The largest absolute Gasteiger partial charge is 0.460 e. The molecule has 1 aromatic rings. The third kappa shape index (κ3) is 8.63. The number of hydrogen-bond donors (Lipinski definition) is 2. The maximum atomic E-state index is 13.0. The fourth-order valence-corrected chi connectivity index (χ4v) is 2.38. The highest BCUT2D eigenvalue weighted by atomic mass is 19.1. The highest BCUT2D eigenvalue weighted by Crippen LogP contribution is 2.14. The summed E-state index contributed by atoms with van der Waals surface area (Å²) in [6.07, 6.45) is 0.843. The smallest absolute Gasteiger partial charge is 0.306 e. The molecule has 25 heavy (non-hydrogen) atoms.